The van der Waals surface area contributed by atoms with Crippen LogP contribution in [0.5, 0.6) is 0 Å². The van der Waals surface area contributed by atoms with E-state index in [2.05, 4.69) is 0 Å². The normalized spacial score (nSPS) is 11.3. The first kappa shape index (κ1) is 13.8. The van der Waals surface area contributed by atoms with Gasteiger partial charge in [0, 0.05) is 10.6 Å². The van der Waals surface area contributed by atoms with Gasteiger partial charge in [0.1, 0.15) is 5.82 Å². The van der Waals surface area contributed by atoms with Crippen molar-refractivity contribution in [1.29, 1.82) is 0 Å². The summed E-state index contributed by atoms with van der Waals surface area (Å²) in [4.78, 5) is 0. The standard InChI is InChI=1S/C18H14FOP/c19-17-13-7-8-14-18(17)21(20,15-9-3-1-4-10-15)16-11-5-2-6-12-16/h1-14H. The van der Waals surface area contributed by atoms with Gasteiger partial charge in [-0.15, -0.1) is 0 Å². The molecule has 0 aromatic heterocycles. The quantitative estimate of drug-likeness (QED) is 0.676. The van der Waals surface area contributed by atoms with Crippen molar-refractivity contribution in [2.75, 3.05) is 0 Å². The molecule has 0 fully saturated rings. The molecule has 0 spiro atoms. The highest BCUT2D eigenvalue weighted by atomic mass is 31.2. The molecule has 0 unspecified atom stereocenters. The molecule has 0 radical (unpaired) electrons. The van der Waals surface area contributed by atoms with Crippen LogP contribution in [-0.4, -0.2) is 0 Å². The molecular weight excluding hydrogens is 282 g/mol. The van der Waals surface area contributed by atoms with Gasteiger partial charge in [-0.25, -0.2) is 4.39 Å². The molecule has 0 atom stereocenters. The van der Waals surface area contributed by atoms with Gasteiger partial charge in [-0.2, -0.15) is 0 Å². The lowest BCUT2D eigenvalue weighted by molar-refractivity contribution is 0.589. The zero-order chi connectivity index (χ0) is 14.7. The fourth-order valence-electron chi connectivity index (χ4n) is 2.41. The van der Waals surface area contributed by atoms with E-state index in [1.54, 1.807) is 42.5 Å². The second-order valence-corrected chi connectivity index (χ2v) is 7.46. The summed E-state index contributed by atoms with van der Waals surface area (Å²) in [7, 11) is -3.19. The lowest BCUT2D eigenvalue weighted by Crippen LogP contribution is -2.26. The molecule has 1 nitrogen and oxygen atoms in total. The van der Waals surface area contributed by atoms with E-state index in [9.17, 15) is 8.96 Å². The second kappa shape index (κ2) is 5.67. The Hall–Kier alpha value is -2.18. The molecule has 0 aliphatic carbocycles. The Morgan fingerprint density at radius 3 is 1.52 bits per heavy atom. The van der Waals surface area contributed by atoms with E-state index in [1.807, 2.05) is 36.4 Å². The fraction of sp³-hybridized carbons (Fsp3) is 0. The molecular formula is C18H14FOP. The van der Waals surface area contributed by atoms with E-state index in [-0.39, 0.29) is 5.30 Å². The molecule has 0 heterocycles. The van der Waals surface area contributed by atoms with Crippen LogP contribution in [0.2, 0.25) is 0 Å². The first-order valence-electron chi connectivity index (χ1n) is 6.69. The summed E-state index contributed by atoms with van der Waals surface area (Å²) in [5, 5.41) is 1.53. The van der Waals surface area contributed by atoms with E-state index in [0.717, 1.165) is 0 Å². The van der Waals surface area contributed by atoms with Crippen LogP contribution in [0, 0.1) is 5.82 Å². The smallest absolute Gasteiger partial charge is 0.173 e. The van der Waals surface area contributed by atoms with Crippen molar-refractivity contribution in [2.24, 2.45) is 0 Å². The summed E-state index contributed by atoms with van der Waals surface area (Å²) in [6.07, 6.45) is 0. The molecule has 0 aliphatic rings. The van der Waals surface area contributed by atoms with Gasteiger partial charge in [-0.3, -0.25) is 0 Å². The monoisotopic (exact) mass is 296 g/mol. The van der Waals surface area contributed by atoms with E-state index < -0.39 is 13.0 Å². The van der Waals surface area contributed by atoms with E-state index in [1.165, 1.54) is 6.07 Å². The van der Waals surface area contributed by atoms with Gasteiger partial charge in [-0.1, -0.05) is 72.8 Å². The summed E-state index contributed by atoms with van der Waals surface area (Å²) in [6, 6.07) is 24.5. The van der Waals surface area contributed by atoms with Crippen molar-refractivity contribution >= 4 is 23.1 Å². The summed E-state index contributed by atoms with van der Waals surface area (Å²) in [6.45, 7) is 0. The fourth-order valence-corrected chi connectivity index (χ4v) is 5.12. The van der Waals surface area contributed by atoms with Crippen LogP contribution in [0.3, 0.4) is 0 Å². The van der Waals surface area contributed by atoms with Crippen LogP contribution in [0.25, 0.3) is 0 Å². The molecule has 3 rings (SSSR count). The van der Waals surface area contributed by atoms with Crippen LogP contribution in [0.15, 0.2) is 84.9 Å². The first-order chi connectivity index (χ1) is 10.2. The maximum absolute atomic E-state index is 14.3. The number of benzene rings is 3. The highest BCUT2D eigenvalue weighted by molar-refractivity contribution is 7.85. The summed E-state index contributed by atoms with van der Waals surface area (Å²) in [5.74, 6) is -0.437. The molecule has 0 bridgehead atoms. The lowest BCUT2D eigenvalue weighted by Gasteiger charge is -2.20. The van der Waals surface area contributed by atoms with Crippen LogP contribution in [-0.2, 0) is 4.57 Å². The SMILES string of the molecule is O=P(c1ccccc1)(c1ccccc1)c1ccccc1F. The highest BCUT2D eigenvalue weighted by Gasteiger charge is 2.31. The maximum Gasteiger partial charge on any atom is 0.173 e. The minimum atomic E-state index is -3.19. The van der Waals surface area contributed by atoms with Crippen LogP contribution in [0.4, 0.5) is 4.39 Å². The van der Waals surface area contributed by atoms with Crippen LogP contribution < -0.4 is 15.9 Å². The summed E-state index contributed by atoms with van der Waals surface area (Å²) >= 11 is 0. The number of hydrogen-bond donors (Lipinski definition) is 0. The molecule has 3 aromatic carbocycles. The van der Waals surface area contributed by atoms with Crippen molar-refractivity contribution in [3.8, 4) is 0 Å². The van der Waals surface area contributed by atoms with E-state index >= 15 is 0 Å². The molecule has 104 valence electrons. The average Bonchev–Trinajstić information content (AvgIpc) is 2.56. The van der Waals surface area contributed by atoms with E-state index in [0.29, 0.717) is 10.6 Å². The third-order valence-electron chi connectivity index (χ3n) is 3.43. The Morgan fingerprint density at radius 1 is 0.619 bits per heavy atom. The van der Waals surface area contributed by atoms with Crippen molar-refractivity contribution in [3.63, 3.8) is 0 Å². The van der Waals surface area contributed by atoms with Crippen molar-refractivity contribution in [2.45, 2.75) is 0 Å². The Balaban J connectivity index is 2.32. The number of hydrogen-bond acceptors (Lipinski definition) is 1. The third-order valence-corrected chi connectivity index (χ3v) is 6.52. The maximum atomic E-state index is 14.3. The van der Waals surface area contributed by atoms with Gasteiger partial charge in [0.05, 0.1) is 5.30 Å². The molecule has 0 amide bonds. The van der Waals surface area contributed by atoms with Gasteiger partial charge < -0.3 is 4.57 Å². The summed E-state index contributed by atoms with van der Waals surface area (Å²) in [5.41, 5.74) is 0. The highest BCUT2D eigenvalue weighted by Crippen LogP contribution is 2.42. The zero-order valence-corrected chi connectivity index (χ0v) is 12.2. The minimum absolute atomic E-state index is 0.252. The third kappa shape index (κ3) is 2.43. The van der Waals surface area contributed by atoms with Gasteiger partial charge >= 0.3 is 0 Å². The molecule has 0 N–H and O–H groups in total. The Bertz CT molecular complexity index is 741. The topological polar surface area (TPSA) is 17.1 Å². The predicted octanol–water partition coefficient (Wildman–Crippen LogP) is 3.47. The van der Waals surface area contributed by atoms with Crippen LogP contribution >= 0.6 is 7.14 Å². The van der Waals surface area contributed by atoms with Gasteiger partial charge in [0.15, 0.2) is 7.14 Å². The molecule has 0 saturated heterocycles. The first-order valence-corrected chi connectivity index (χ1v) is 8.40. The van der Waals surface area contributed by atoms with Crippen molar-refractivity contribution in [3.05, 3.63) is 90.7 Å². The predicted molar refractivity (Wildman–Crippen MR) is 85.8 cm³/mol. The average molecular weight is 296 g/mol. The van der Waals surface area contributed by atoms with Crippen molar-refractivity contribution in [1.82, 2.24) is 0 Å². The largest absolute Gasteiger partial charge is 0.309 e. The Labute approximate surface area is 123 Å². The van der Waals surface area contributed by atoms with Gasteiger partial charge in [-0.05, 0) is 12.1 Å². The lowest BCUT2D eigenvalue weighted by atomic mass is 10.3. The number of rotatable bonds is 3. The van der Waals surface area contributed by atoms with Gasteiger partial charge in [0.2, 0.25) is 0 Å². The minimum Gasteiger partial charge on any atom is -0.309 e. The van der Waals surface area contributed by atoms with Crippen LogP contribution in [0.1, 0.15) is 0 Å². The summed E-state index contributed by atoms with van der Waals surface area (Å²) < 4.78 is 28.1. The zero-order valence-electron chi connectivity index (χ0n) is 11.3. The van der Waals surface area contributed by atoms with Gasteiger partial charge in [0.25, 0.3) is 0 Å². The Morgan fingerprint density at radius 2 is 1.05 bits per heavy atom. The van der Waals surface area contributed by atoms with E-state index in [4.69, 9.17) is 0 Å². The molecule has 3 heteroatoms. The Kier molecular flexibility index (Phi) is 3.72. The molecule has 0 aliphatic heterocycles. The molecule has 21 heavy (non-hydrogen) atoms. The number of halogens is 1. The second-order valence-electron chi connectivity index (χ2n) is 4.73. The molecule has 0 saturated carbocycles. The molecule has 3 aromatic rings. The van der Waals surface area contributed by atoms with Crippen molar-refractivity contribution < 1.29 is 8.96 Å².